The number of amides is 1. The molecule has 4 nitrogen and oxygen atoms in total. The van der Waals surface area contributed by atoms with Gasteiger partial charge < -0.3 is 16.2 Å². The van der Waals surface area contributed by atoms with Crippen LogP contribution < -0.4 is 11.1 Å². The predicted octanol–water partition coefficient (Wildman–Crippen LogP) is -0.389. The number of aliphatic hydroxyl groups is 1. The van der Waals surface area contributed by atoms with Crippen LogP contribution in [-0.4, -0.2) is 29.7 Å². The van der Waals surface area contributed by atoms with E-state index in [0.29, 0.717) is 5.92 Å². The Morgan fingerprint density at radius 3 is 2.85 bits per heavy atom. The lowest BCUT2D eigenvalue weighted by atomic mass is 10.1. The first-order chi connectivity index (χ1) is 6.09. The third-order valence-corrected chi connectivity index (χ3v) is 2.65. The van der Waals surface area contributed by atoms with Gasteiger partial charge in [0.2, 0.25) is 5.91 Å². The second-order valence-corrected chi connectivity index (χ2v) is 3.87. The van der Waals surface area contributed by atoms with E-state index in [2.05, 4.69) is 5.32 Å². The highest BCUT2D eigenvalue weighted by atomic mass is 16.3. The van der Waals surface area contributed by atoms with Gasteiger partial charge in [0.25, 0.3) is 0 Å². The summed E-state index contributed by atoms with van der Waals surface area (Å²) in [6.45, 7) is 2.54. The van der Waals surface area contributed by atoms with E-state index in [4.69, 9.17) is 5.73 Å². The van der Waals surface area contributed by atoms with E-state index in [1.807, 2.05) is 0 Å². The monoisotopic (exact) mass is 186 g/mol. The van der Waals surface area contributed by atoms with Crippen molar-refractivity contribution >= 4 is 5.91 Å². The Bertz CT molecular complexity index is 184. The highest BCUT2D eigenvalue weighted by molar-refractivity contribution is 5.79. The van der Waals surface area contributed by atoms with Gasteiger partial charge in [0.15, 0.2) is 0 Å². The lowest BCUT2D eigenvalue weighted by Gasteiger charge is -2.14. The number of carbonyl (C=O) groups excluding carboxylic acids is 1. The first-order valence-corrected chi connectivity index (χ1v) is 4.80. The number of nitrogens with two attached hydrogens (primary N) is 1. The molecule has 0 radical (unpaired) electrons. The van der Waals surface area contributed by atoms with Gasteiger partial charge in [-0.1, -0.05) is 0 Å². The molecule has 0 aromatic carbocycles. The molecule has 0 aromatic heterocycles. The van der Waals surface area contributed by atoms with Crippen LogP contribution in [-0.2, 0) is 4.79 Å². The van der Waals surface area contributed by atoms with Crippen molar-refractivity contribution in [1.29, 1.82) is 0 Å². The summed E-state index contributed by atoms with van der Waals surface area (Å²) in [4.78, 5) is 10.7. The molecule has 3 unspecified atom stereocenters. The van der Waals surface area contributed by atoms with Gasteiger partial charge in [-0.3, -0.25) is 4.79 Å². The summed E-state index contributed by atoms with van der Waals surface area (Å²) < 4.78 is 0. The molecule has 1 aliphatic carbocycles. The van der Waals surface area contributed by atoms with Crippen molar-refractivity contribution in [3.63, 3.8) is 0 Å². The maximum Gasteiger partial charge on any atom is 0.234 e. The SMILES string of the molecule is CC(NCC1CCC(O)C1)C(N)=O. The molecule has 1 saturated carbocycles. The van der Waals surface area contributed by atoms with Crippen LogP contribution in [0.25, 0.3) is 0 Å². The van der Waals surface area contributed by atoms with Gasteiger partial charge >= 0.3 is 0 Å². The van der Waals surface area contributed by atoms with Gasteiger partial charge in [-0.25, -0.2) is 0 Å². The van der Waals surface area contributed by atoms with Crippen LogP contribution in [0.2, 0.25) is 0 Å². The number of primary amides is 1. The van der Waals surface area contributed by atoms with Crippen molar-refractivity contribution in [3.8, 4) is 0 Å². The molecule has 0 bridgehead atoms. The molecule has 0 aliphatic heterocycles. The lowest BCUT2D eigenvalue weighted by molar-refractivity contribution is -0.119. The number of hydrogen-bond donors (Lipinski definition) is 3. The molecule has 4 N–H and O–H groups in total. The fourth-order valence-corrected chi connectivity index (χ4v) is 1.68. The second-order valence-electron chi connectivity index (χ2n) is 3.87. The Morgan fingerprint density at radius 1 is 1.69 bits per heavy atom. The fraction of sp³-hybridized carbons (Fsp3) is 0.889. The van der Waals surface area contributed by atoms with Crippen LogP contribution in [0.15, 0.2) is 0 Å². The first kappa shape index (κ1) is 10.5. The van der Waals surface area contributed by atoms with Crippen LogP contribution in [0.3, 0.4) is 0 Å². The summed E-state index contributed by atoms with van der Waals surface area (Å²) in [5, 5.41) is 12.3. The molecular weight excluding hydrogens is 168 g/mol. The third kappa shape index (κ3) is 3.32. The maximum atomic E-state index is 10.7. The van der Waals surface area contributed by atoms with Gasteiger partial charge in [0, 0.05) is 0 Å². The normalized spacial score (nSPS) is 30.3. The van der Waals surface area contributed by atoms with E-state index < -0.39 is 0 Å². The number of rotatable bonds is 4. The standard InChI is InChI=1S/C9H18N2O2/c1-6(9(10)13)11-5-7-2-3-8(12)4-7/h6-8,11-12H,2-5H2,1H3,(H2,10,13). The Balaban J connectivity index is 2.16. The van der Waals surface area contributed by atoms with Crippen molar-refractivity contribution in [2.75, 3.05) is 6.54 Å². The minimum atomic E-state index is -0.321. The highest BCUT2D eigenvalue weighted by Gasteiger charge is 2.23. The van der Waals surface area contributed by atoms with Gasteiger partial charge in [-0.15, -0.1) is 0 Å². The molecule has 1 aliphatic rings. The summed E-state index contributed by atoms with van der Waals surface area (Å²) >= 11 is 0. The molecule has 1 amide bonds. The van der Waals surface area contributed by atoms with Crippen LogP contribution in [0.1, 0.15) is 26.2 Å². The van der Waals surface area contributed by atoms with E-state index in [1.54, 1.807) is 6.92 Å². The molecule has 76 valence electrons. The minimum absolute atomic E-state index is 0.143. The second kappa shape index (κ2) is 4.58. The molecule has 0 saturated heterocycles. The van der Waals surface area contributed by atoms with E-state index in [1.165, 1.54) is 0 Å². The van der Waals surface area contributed by atoms with E-state index in [9.17, 15) is 9.90 Å². The molecule has 1 fully saturated rings. The van der Waals surface area contributed by atoms with Gasteiger partial charge in [-0.05, 0) is 38.6 Å². The summed E-state index contributed by atoms with van der Waals surface area (Å²) in [5.41, 5.74) is 5.10. The largest absolute Gasteiger partial charge is 0.393 e. The lowest BCUT2D eigenvalue weighted by Crippen LogP contribution is -2.40. The Morgan fingerprint density at radius 2 is 2.38 bits per heavy atom. The van der Waals surface area contributed by atoms with Crippen LogP contribution in [0.4, 0.5) is 0 Å². The van der Waals surface area contributed by atoms with E-state index in [-0.39, 0.29) is 18.1 Å². The van der Waals surface area contributed by atoms with Gasteiger partial charge in [0.1, 0.15) is 0 Å². The Labute approximate surface area is 78.5 Å². The number of nitrogens with one attached hydrogen (secondary N) is 1. The highest BCUT2D eigenvalue weighted by Crippen LogP contribution is 2.24. The smallest absolute Gasteiger partial charge is 0.234 e. The molecular formula is C9H18N2O2. The van der Waals surface area contributed by atoms with Crippen molar-refractivity contribution in [2.45, 2.75) is 38.3 Å². The van der Waals surface area contributed by atoms with Crippen molar-refractivity contribution in [2.24, 2.45) is 11.7 Å². The van der Waals surface area contributed by atoms with Crippen LogP contribution in [0.5, 0.6) is 0 Å². The van der Waals surface area contributed by atoms with Crippen molar-refractivity contribution in [1.82, 2.24) is 5.32 Å². The topological polar surface area (TPSA) is 75.3 Å². The van der Waals surface area contributed by atoms with Gasteiger partial charge in [-0.2, -0.15) is 0 Å². The zero-order valence-electron chi connectivity index (χ0n) is 7.99. The first-order valence-electron chi connectivity index (χ1n) is 4.80. The average Bonchev–Trinajstić information content (AvgIpc) is 2.47. The number of carbonyl (C=O) groups is 1. The van der Waals surface area contributed by atoms with Crippen molar-refractivity contribution in [3.05, 3.63) is 0 Å². The number of aliphatic hydroxyl groups excluding tert-OH is 1. The molecule has 4 heteroatoms. The number of hydrogen-bond acceptors (Lipinski definition) is 3. The van der Waals surface area contributed by atoms with Crippen molar-refractivity contribution < 1.29 is 9.90 Å². The summed E-state index contributed by atoms with van der Waals surface area (Å²) in [5.74, 6) is 0.176. The third-order valence-electron chi connectivity index (χ3n) is 2.65. The summed E-state index contributed by atoms with van der Waals surface area (Å²) in [7, 11) is 0. The van der Waals surface area contributed by atoms with E-state index in [0.717, 1.165) is 25.8 Å². The molecule has 3 atom stereocenters. The maximum absolute atomic E-state index is 10.7. The fourth-order valence-electron chi connectivity index (χ4n) is 1.68. The zero-order chi connectivity index (χ0) is 9.84. The quantitative estimate of drug-likeness (QED) is 0.559. The average molecular weight is 186 g/mol. The zero-order valence-corrected chi connectivity index (χ0v) is 7.99. The Hall–Kier alpha value is -0.610. The van der Waals surface area contributed by atoms with Crippen LogP contribution in [0, 0.1) is 5.92 Å². The van der Waals surface area contributed by atoms with E-state index >= 15 is 0 Å². The molecule has 0 aromatic rings. The van der Waals surface area contributed by atoms with Crippen LogP contribution >= 0.6 is 0 Å². The molecule has 1 rings (SSSR count). The van der Waals surface area contributed by atoms with Gasteiger partial charge in [0.05, 0.1) is 12.1 Å². The minimum Gasteiger partial charge on any atom is -0.393 e. The molecule has 0 spiro atoms. The summed E-state index contributed by atoms with van der Waals surface area (Å²) in [6, 6.07) is -0.266. The molecule has 0 heterocycles. The molecule has 13 heavy (non-hydrogen) atoms. The Kier molecular flexibility index (Phi) is 3.69. The predicted molar refractivity (Wildman–Crippen MR) is 50.0 cm³/mol. The summed E-state index contributed by atoms with van der Waals surface area (Å²) in [6.07, 6.45) is 2.63.